The fraction of sp³-hybridized carbons (Fsp3) is 0.667. The highest BCUT2D eigenvalue weighted by atomic mass is 19.3. The fourth-order valence-electron chi connectivity index (χ4n) is 0.867. The van der Waals surface area contributed by atoms with Gasteiger partial charge in [0.05, 0.1) is 6.10 Å². The molecule has 0 saturated carbocycles. The molecule has 0 amide bonds. The van der Waals surface area contributed by atoms with Crippen molar-refractivity contribution in [2.24, 2.45) is 0 Å². The quantitative estimate of drug-likeness (QED) is 0.410. The first-order chi connectivity index (χ1) is 9.39. The van der Waals surface area contributed by atoms with Crippen LogP contribution in [0.3, 0.4) is 0 Å². The molecule has 0 aromatic heterocycles. The van der Waals surface area contributed by atoms with E-state index in [0.29, 0.717) is 0 Å². The Morgan fingerprint density at radius 3 is 1.86 bits per heavy atom. The zero-order valence-corrected chi connectivity index (χ0v) is 11.8. The van der Waals surface area contributed by atoms with Gasteiger partial charge in [0.2, 0.25) is 0 Å². The molecule has 0 fully saturated rings. The van der Waals surface area contributed by atoms with Gasteiger partial charge in [0, 0.05) is 5.57 Å². The molecule has 0 N–H and O–H groups in total. The lowest BCUT2D eigenvalue weighted by Crippen LogP contribution is -2.48. The second kappa shape index (κ2) is 7.28. The Bertz CT molecular complexity index is 406. The maximum Gasteiger partial charge on any atom is 0.508 e. The number of halogens is 4. The van der Waals surface area contributed by atoms with Crippen molar-refractivity contribution in [3.63, 3.8) is 0 Å². The van der Waals surface area contributed by atoms with Crippen LogP contribution in [0.5, 0.6) is 0 Å². The predicted octanol–water partition coefficient (Wildman–Crippen LogP) is 2.94. The Kier molecular flexibility index (Phi) is 6.65. The largest absolute Gasteiger partial charge is 0.508 e. The molecule has 21 heavy (non-hydrogen) atoms. The molecule has 0 aliphatic rings. The molecule has 0 aliphatic carbocycles. The molecule has 9 heteroatoms. The molecule has 5 nitrogen and oxygen atoms in total. The highest BCUT2D eigenvalue weighted by Crippen LogP contribution is 2.35. The number of alkyl halides is 4. The summed E-state index contributed by atoms with van der Waals surface area (Å²) >= 11 is 0. The second-order valence-electron chi connectivity index (χ2n) is 4.47. The van der Waals surface area contributed by atoms with Crippen LogP contribution < -0.4 is 0 Å². The summed E-state index contributed by atoms with van der Waals surface area (Å²) < 4.78 is 65.3. The summed E-state index contributed by atoms with van der Waals surface area (Å²) in [6.45, 7) is 3.35. The van der Waals surface area contributed by atoms with Crippen LogP contribution >= 0.6 is 0 Å². The maximum atomic E-state index is 13.3. The van der Waals surface area contributed by atoms with E-state index < -0.39 is 43.3 Å². The Hall–Kier alpha value is -1.80. The van der Waals surface area contributed by atoms with Gasteiger partial charge in [0.15, 0.2) is 13.2 Å². The van der Waals surface area contributed by atoms with Gasteiger partial charge in [-0.25, -0.2) is 9.59 Å². The molecular formula is C12H16F4O5. The molecule has 0 aliphatic heterocycles. The highest BCUT2D eigenvalue weighted by Gasteiger charge is 2.58. The van der Waals surface area contributed by atoms with Crippen molar-refractivity contribution in [2.45, 2.75) is 38.7 Å². The third kappa shape index (κ3) is 6.46. The van der Waals surface area contributed by atoms with Gasteiger partial charge in [-0.2, -0.15) is 17.6 Å². The summed E-state index contributed by atoms with van der Waals surface area (Å²) in [5.74, 6) is -10.7. The van der Waals surface area contributed by atoms with E-state index in [0.717, 1.165) is 0 Å². The SMILES string of the molecule is C=C(C)C(=O)OCC(F)(F)C(F)(F)COC(=O)OC(C)C. The normalized spacial score (nSPS) is 12.0. The second-order valence-corrected chi connectivity index (χ2v) is 4.47. The summed E-state index contributed by atoms with van der Waals surface area (Å²) in [7, 11) is 0. The van der Waals surface area contributed by atoms with Crippen LogP contribution in [-0.2, 0) is 19.0 Å². The summed E-state index contributed by atoms with van der Waals surface area (Å²) in [4.78, 5) is 21.8. The number of rotatable bonds is 7. The third-order valence-electron chi connectivity index (χ3n) is 1.97. The number of hydrogen-bond donors (Lipinski definition) is 0. The van der Waals surface area contributed by atoms with E-state index >= 15 is 0 Å². The van der Waals surface area contributed by atoms with Crippen molar-refractivity contribution in [1.82, 2.24) is 0 Å². The predicted molar refractivity (Wildman–Crippen MR) is 63.2 cm³/mol. The van der Waals surface area contributed by atoms with Crippen LogP contribution in [0.1, 0.15) is 20.8 Å². The Morgan fingerprint density at radius 1 is 1.05 bits per heavy atom. The first kappa shape index (κ1) is 19.2. The van der Waals surface area contributed by atoms with Crippen molar-refractivity contribution < 1.29 is 41.4 Å². The van der Waals surface area contributed by atoms with Crippen molar-refractivity contribution >= 4 is 12.1 Å². The summed E-state index contributed by atoms with van der Waals surface area (Å²) in [5, 5.41) is 0. The van der Waals surface area contributed by atoms with Crippen molar-refractivity contribution in [3.05, 3.63) is 12.2 Å². The average Bonchev–Trinajstić information content (AvgIpc) is 2.32. The summed E-state index contributed by atoms with van der Waals surface area (Å²) in [5.41, 5.74) is -0.217. The van der Waals surface area contributed by atoms with Gasteiger partial charge in [-0.05, 0) is 20.8 Å². The van der Waals surface area contributed by atoms with Crippen molar-refractivity contribution in [1.29, 1.82) is 0 Å². The standard InChI is InChI=1S/C12H16F4O5/c1-7(2)9(17)19-5-11(13,14)12(15,16)6-20-10(18)21-8(3)4/h8H,1,5-6H2,2-4H3. The van der Waals surface area contributed by atoms with E-state index in [4.69, 9.17) is 0 Å². The van der Waals surface area contributed by atoms with Gasteiger partial charge in [-0.15, -0.1) is 0 Å². The molecule has 0 saturated heterocycles. The molecule has 0 radical (unpaired) electrons. The maximum absolute atomic E-state index is 13.3. The molecule has 0 aromatic carbocycles. The Labute approximate surface area is 118 Å². The van der Waals surface area contributed by atoms with Crippen LogP contribution in [0.4, 0.5) is 22.4 Å². The molecule has 0 rings (SSSR count). The zero-order chi connectivity index (χ0) is 16.8. The van der Waals surface area contributed by atoms with E-state index in [9.17, 15) is 27.2 Å². The minimum absolute atomic E-state index is 0.217. The molecule has 122 valence electrons. The fourth-order valence-corrected chi connectivity index (χ4v) is 0.867. The Morgan fingerprint density at radius 2 is 1.48 bits per heavy atom. The van der Waals surface area contributed by atoms with Gasteiger partial charge in [0.1, 0.15) is 0 Å². The van der Waals surface area contributed by atoms with E-state index in [1.807, 2.05) is 0 Å². The molecule has 0 atom stereocenters. The topological polar surface area (TPSA) is 61.8 Å². The van der Waals surface area contributed by atoms with E-state index in [1.54, 1.807) is 0 Å². The van der Waals surface area contributed by atoms with Crippen LogP contribution in [0.25, 0.3) is 0 Å². The molecular weight excluding hydrogens is 300 g/mol. The number of ether oxygens (including phenoxy) is 3. The molecule has 0 spiro atoms. The lowest BCUT2D eigenvalue weighted by molar-refractivity contribution is -0.244. The minimum Gasteiger partial charge on any atom is -0.456 e. The van der Waals surface area contributed by atoms with Gasteiger partial charge >= 0.3 is 24.0 Å². The van der Waals surface area contributed by atoms with Gasteiger partial charge in [-0.3, -0.25) is 0 Å². The van der Waals surface area contributed by atoms with E-state index in [2.05, 4.69) is 20.8 Å². The van der Waals surface area contributed by atoms with Crippen LogP contribution in [-0.4, -0.2) is 43.3 Å². The van der Waals surface area contributed by atoms with Gasteiger partial charge in [0.25, 0.3) is 0 Å². The number of carbonyl (C=O) groups is 2. The monoisotopic (exact) mass is 316 g/mol. The molecule has 0 aromatic rings. The molecule has 0 heterocycles. The number of hydrogen-bond acceptors (Lipinski definition) is 5. The zero-order valence-electron chi connectivity index (χ0n) is 11.8. The summed E-state index contributed by atoms with van der Waals surface area (Å²) in [6.07, 6.45) is -2.15. The summed E-state index contributed by atoms with van der Waals surface area (Å²) in [6, 6.07) is 0. The molecule has 0 unspecified atom stereocenters. The lowest BCUT2D eigenvalue weighted by atomic mass is 10.2. The number of esters is 1. The van der Waals surface area contributed by atoms with Crippen LogP contribution in [0.15, 0.2) is 12.2 Å². The lowest BCUT2D eigenvalue weighted by Gasteiger charge is -2.25. The highest BCUT2D eigenvalue weighted by molar-refractivity contribution is 5.86. The van der Waals surface area contributed by atoms with Gasteiger partial charge < -0.3 is 14.2 Å². The van der Waals surface area contributed by atoms with E-state index in [-0.39, 0.29) is 5.57 Å². The smallest absolute Gasteiger partial charge is 0.456 e. The van der Waals surface area contributed by atoms with Gasteiger partial charge in [-0.1, -0.05) is 6.58 Å². The first-order valence-electron chi connectivity index (χ1n) is 5.80. The van der Waals surface area contributed by atoms with E-state index in [1.165, 1.54) is 20.8 Å². The van der Waals surface area contributed by atoms with Crippen molar-refractivity contribution in [3.8, 4) is 0 Å². The van der Waals surface area contributed by atoms with Crippen LogP contribution in [0, 0.1) is 0 Å². The average molecular weight is 316 g/mol. The Balaban J connectivity index is 4.54. The number of carbonyl (C=O) groups excluding carboxylic acids is 2. The third-order valence-corrected chi connectivity index (χ3v) is 1.97. The van der Waals surface area contributed by atoms with Crippen molar-refractivity contribution in [2.75, 3.05) is 13.2 Å². The minimum atomic E-state index is -4.72. The molecule has 0 bridgehead atoms. The van der Waals surface area contributed by atoms with Crippen LogP contribution in [0.2, 0.25) is 0 Å². The first-order valence-corrected chi connectivity index (χ1v) is 5.80.